The summed E-state index contributed by atoms with van der Waals surface area (Å²) in [6.45, 7) is 5.06. The molecule has 0 bridgehead atoms. The average Bonchev–Trinajstić information content (AvgIpc) is 2.86. The summed E-state index contributed by atoms with van der Waals surface area (Å²) in [4.78, 5) is 26.4. The van der Waals surface area contributed by atoms with Crippen molar-refractivity contribution >= 4 is 38.2 Å². The normalized spacial score (nSPS) is 11.1. The molecule has 0 spiro atoms. The number of sulfonamides is 1. The van der Waals surface area contributed by atoms with Crippen LogP contribution in [0.4, 0.5) is 5.69 Å². The van der Waals surface area contributed by atoms with Crippen LogP contribution in [0.3, 0.4) is 0 Å². The summed E-state index contributed by atoms with van der Waals surface area (Å²) in [6.07, 6.45) is 0. The van der Waals surface area contributed by atoms with Crippen LogP contribution in [0.5, 0.6) is 5.75 Å². The van der Waals surface area contributed by atoms with Crippen LogP contribution in [0.25, 0.3) is 10.8 Å². The summed E-state index contributed by atoms with van der Waals surface area (Å²) in [5.74, 6) is -0.541. The molecule has 0 heterocycles. The molecule has 4 rings (SSSR count). The molecule has 4 aromatic carbocycles. The number of hydrogen-bond donors (Lipinski definition) is 2. The Morgan fingerprint density at radius 3 is 2.29 bits per heavy atom. The molecular weight excluding hydrogens is 502 g/mol. The maximum atomic E-state index is 13.7. The van der Waals surface area contributed by atoms with Gasteiger partial charge in [0.1, 0.15) is 5.75 Å². The maximum Gasteiger partial charge on any atom is 0.262 e. The number of fused-ring (bicyclic) bond motifs is 1. The number of hydrogen-bond acceptors (Lipinski definition) is 6. The lowest BCUT2D eigenvalue weighted by Gasteiger charge is -2.15. The minimum atomic E-state index is -3.87. The Kier molecular flexibility index (Phi) is 7.30. The minimum absolute atomic E-state index is 0.0606. The highest BCUT2D eigenvalue weighted by atomic mass is 32.2. The Hall–Kier alpha value is -4.52. The van der Waals surface area contributed by atoms with Crippen molar-refractivity contribution in [2.75, 3.05) is 11.9 Å². The van der Waals surface area contributed by atoms with Crippen LogP contribution in [-0.2, 0) is 14.8 Å². The van der Waals surface area contributed by atoms with E-state index in [0.717, 1.165) is 11.1 Å². The third-order valence-corrected chi connectivity index (χ3v) is 6.89. The molecule has 8 nitrogen and oxygen atoms in total. The molecule has 192 valence electrons. The molecule has 0 saturated heterocycles. The van der Waals surface area contributed by atoms with Gasteiger partial charge in [0.25, 0.3) is 5.91 Å². The van der Waals surface area contributed by atoms with Crippen molar-refractivity contribution in [3.63, 3.8) is 0 Å². The summed E-state index contributed by atoms with van der Waals surface area (Å²) in [7, 11) is -3.87. The van der Waals surface area contributed by atoms with Crippen molar-refractivity contribution in [3.8, 4) is 11.8 Å². The lowest BCUT2D eigenvalue weighted by Crippen LogP contribution is -2.22. The van der Waals surface area contributed by atoms with Gasteiger partial charge >= 0.3 is 0 Å². The molecule has 4 aromatic rings. The molecule has 0 aromatic heterocycles. The van der Waals surface area contributed by atoms with E-state index in [1.54, 1.807) is 49.4 Å². The number of ether oxygens (including phenoxy) is 1. The molecule has 1 amide bonds. The summed E-state index contributed by atoms with van der Waals surface area (Å²) < 4.78 is 29.0. The number of primary sulfonamides is 1. The standard InChI is InChI=1S/C29H25N3O5S/c1-17-10-18(2)12-22(11-17)29(34)28-24-7-4-20(15-30)14-21(24)5-9-26(28)37-16-27(33)32-25-8-6-23(13-19(25)3)38(31,35)36/h4-14H,16H2,1-3H3,(H,32,33)(H2,31,35,36). The van der Waals surface area contributed by atoms with E-state index in [1.165, 1.54) is 18.2 Å². The second-order valence-corrected chi connectivity index (χ2v) is 10.6. The van der Waals surface area contributed by atoms with E-state index in [9.17, 15) is 23.3 Å². The van der Waals surface area contributed by atoms with Gasteiger partial charge in [-0.15, -0.1) is 0 Å². The fourth-order valence-electron chi connectivity index (χ4n) is 4.27. The predicted octanol–water partition coefficient (Wildman–Crippen LogP) is 4.53. The van der Waals surface area contributed by atoms with E-state index in [0.29, 0.717) is 38.7 Å². The molecule has 0 aliphatic carbocycles. The number of nitrogens with one attached hydrogen (secondary N) is 1. The Morgan fingerprint density at radius 2 is 1.66 bits per heavy atom. The van der Waals surface area contributed by atoms with Crippen LogP contribution in [0.15, 0.2) is 71.6 Å². The van der Waals surface area contributed by atoms with Gasteiger partial charge in [-0.05, 0) is 85.6 Å². The van der Waals surface area contributed by atoms with E-state index in [-0.39, 0.29) is 16.4 Å². The van der Waals surface area contributed by atoms with Gasteiger partial charge in [0, 0.05) is 11.3 Å². The SMILES string of the molecule is Cc1cc(C)cc(C(=O)c2c(OCC(=O)Nc3ccc(S(N)(=O)=O)cc3C)ccc3cc(C#N)ccc23)c1. The van der Waals surface area contributed by atoms with Gasteiger partial charge in [0.05, 0.1) is 22.1 Å². The van der Waals surface area contributed by atoms with Crippen molar-refractivity contribution in [2.45, 2.75) is 25.7 Å². The Bertz CT molecular complexity index is 1730. The lowest BCUT2D eigenvalue weighted by atomic mass is 9.94. The highest BCUT2D eigenvalue weighted by Gasteiger charge is 2.20. The maximum absolute atomic E-state index is 13.7. The largest absolute Gasteiger partial charge is 0.483 e. The molecule has 0 fully saturated rings. The van der Waals surface area contributed by atoms with E-state index in [4.69, 9.17) is 9.88 Å². The fraction of sp³-hybridized carbons (Fsp3) is 0.138. The van der Waals surface area contributed by atoms with E-state index < -0.39 is 22.5 Å². The van der Waals surface area contributed by atoms with Crippen LogP contribution in [0.2, 0.25) is 0 Å². The topological polar surface area (TPSA) is 139 Å². The summed E-state index contributed by atoms with van der Waals surface area (Å²) >= 11 is 0. The van der Waals surface area contributed by atoms with Crippen molar-refractivity contribution in [3.05, 3.63) is 100 Å². The number of carbonyl (C=O) groups is 2. The van der Waals surface area contributed by atoms with Gasteiger partial charge in [0.2, 0.25) is 10.0 Å². The highest BCUT2D eigenvalue weighted by molar-refractivity contribution is 7.89. The smallest absolute Gasteiger partial charge is 0.262 e. The number of ketones is 1. The van der Waals surface area contributed by atoms with Crippen LogP contribution in [-0.4, -0.2) is 26.7 Å². The highest BCUT2D eigenvalue weighted by Crippen LogP contribution is 2.32. The van der Waals surface area contributed by atoms with Crippen molar-refractivity contribution in [1.82, 2.24) is 0 Å². The molecule has 0 aliphatic rings. The van der Waals surface area contributed by atoms with Crippen LogP contribution in [0.1, 0.15) is 38.2 Å². The number of nitrogens with zero attached hydrogens (tertiary/aromatic N) is 1. The summed E-state index contributed by atoms with van der Waals surface area (Å²) in [5, 5.41) is 18.4. The Morgan fingerprint density at radius 1 is 0.947 bits per heavy atom. The molecule has 0 aliphatic heterocycles. The number of benzene rings is 4. The van der Waals surface area contributed by atoms with Gasteiger partial charge < -0.3 is 10.1 Å². The van der Waals surface area contributed by atoms with Gasteiger partial charge in [-0.1, -0.05) is 29.3 Å². The number of carbonyl (C=O) groups excluding carboxylic acids is 2. The van der Waals surface area contributed by atoms with Crippen LogP contribution >= 0.6 is 0 Å². The van der Waals surface area contributed by atoms with E-state index in [1.807, 2.05) is 19.9 Å². The first-order valence-corrected chi connectivity index (χ1v) is 13.2. The summed E-state index contributed by atoms with van der Waals surface area (Å²) in [5.41, 5.74) is 4.02. The second kappa shape index (κ2) is 10.5. The number of nitrogens with two attached hydrogens (primary N) is 1. The number of nitriles is 1. The zero-order valence-corrected chi connectivity index (χ0v) is 21.8. The van der Waals surface area contributed by atoms with E-state index >= 15 is 0 Å². The molecular formula is C29H25N3O5S. The lowest BCUT2D eigenvalue weighted by molar-refractivity contribution is -0.118. The summed E-state index contributed by atoms with van der Waals surface area (Å²) in [6, 6.07) is 20.1. The van der Waals surface area contributed by atoms with Gasteiger partial charge in [-0.2, -0.15) is 5.26 Å². The average molecular weight is 528 g/mol. The second-order valence-electron chi connectivity index (χ2n) is 9.05. The molecule has 0 unspecified atom stereocenters. The van der Waals surface area contributed by atoms with Crippen molar-refractivity contribution in [1.29, 1.82) is 5.26 Å². The Balaban J connectivity index is 1.65. The number of rotatable bonds is 7. The molecule has 0 radical (unpaired) electrons. The van der Waals surface area contributed by atoms with Gasteiger partial charge in [-0.3, -0.25) is 9.59 Å². The molecule has 0 saturated carbocycles. The van der Waals surface area contributed by atoms with Gasteiger partial charge in [0.15, 0.2) is 12.4 Å². The fourth-order valence-corrected chi connectivity index (χ4v) is 4.87. The zero-order chi connectivity index (χ0) is 27.6. The first-order valence-electron chi connectivity index (χ1n) is 11.6. The number of amides is 1. The predicted molar refractivity (Wildman–Crippen MR) is 145 cm³/mol. The third-order valence-electron chi connectivity index (χ3n) is 5.98. The quantitative estimate of drug-likeness (QED) is 0.339. The minimum Gasteiger partial charge on any atom is -0.483 e. The molecule has 0 atom stereocenters. The van der Waals surface area contributed by atoms with E-state index in [2.05, 4.69) is 11.4 Å². The van der Waals surface area contributed by atoms with Crippen molar-refractivity contribution in [2.24, 2.45) is 5.14 Å². The monoisotopic (exact) mass is 527 g/mol. The molecule has 38 heavy (non-hydrogen) atoms. The molecule has 3 N–H and O–H groups in total. The van der Waals surface area contributed by atoms with Crippen molar-refractivity contribution < 1.29 is 22.7 Å². The first-order chi connectivity index (χ1) is 18.0. The van der Waals surface area contributed by atoms with Gasteiger partial charge in [-0.25, -0.2) is 13.6 Å². The Labute approximate surface area is 220 Å². The number of aryl methyl sites for hydroxylation is 3. The zero-order valence-electron chi connectivity index (χ0n) is 21.0. The molecule has 9 heteroatoms. The van der Waals surface area contributed by atoms with Crippen LogP contribution in [0, 0.1) is 32.1 Å². The number of anilines is 1. The van der Waals surface area contributed by atoms with Crippen LogP contribution < -0.4 is 15.2 Å². The third kappa shape index (κ3) is 5.72. The first kappa shape index (κ1) is 26.5.